The number of nitrogens with zero attached hydrogens (tertiary/aromatic N) is 2. The van der Waals surface area contributed by atoms with E-state index in [1.807, 2.05) is 0 Å². The number of furan rings is 1. The fraction of sp³-hybridized carbons (Fsp3) is 0. The van der Waals surface area contributed by atoms with Crippen LogP contribution in [0.3, 0.4) is 0 Å². The highest BCUT2D eigenvalue weighted by Crippen LogP contribution is 2.22. The van der Waals surface area contributed by atoms with Gasteiger partial charge in [-0.15, -0.1) is 10.2 Å². The molecule has 0 fully saturated rings. The van der Waals surface area contributed by atoms with Crippen molar-refractivity contribution in [2.45, 2.75) is 0 Å². The van der Waals surface area contributed by atoms with E-state index in [1.54, 1.807) is 6.07 Å². The van der Waals surface area contributed by atoms with Crippen molar-refractivity contribution in [1.82, 2.24) is 10.2 Å². The maximum absolute atomic E-state index is 13.6. The van der Waals surface area contributed by atoms with Crippen LogP contribution in [0.15, 0.2) is 47.1 Å². The third kappa shape index (κ3) is 3.19. The van der Waals surface area contributed by atoms with Gasteiger partial charge in [-0.2, -0.15) is 0 Å². The summed E-state index contributed by atoms with van der Waals surface area (Å²) in [5.74, 6) is -4.45. The molecule has 122 valence electrons. The molecule has 3 aromatic rings. The van der Waals surface area contributed by atoms with Crippen LogP contribution < -0.4 is 10.6 Å². The van der Waals surface area contributed by atoms with E-state index in [1.165, 1.54) is 24.5 Å². The Morgan fingerprint density at radius 2 is 1.71 bits per heavy atom. The van der Waals surface area contributed by atoms with Crippen LogP contribution in [-0.4, -0.2) is 16.1 Å². The van der Waals surface area contributed by atoms with Gasteiger partial charge < -0.3 is 15.1 Å². The van der Waals surface area contributed by atoms with E-state index in [9.17, 15) is 18.0 Å². The second-order valence-corrected chi connectivity index (χ2v) is 4.58. The van der Waals surface area contributed by atoms with Gasteiger partial charge in [0.25, 0.3) is 5.91 Å². The van der Waals surface area contributed by atoms with E-state index in [2.05, 4.69) is 20.8 Å². The number of carbonyl (C=O) groups excluding carboxylic acids is 1. The predicted molar refractivity (Wildman–Crippen MR) is 78.3 cm³/mol. The Morgan fingerprint density at radius 1 is 0.958 bits per heavy atom. The summed E-state index contributed by atoms with van der Waals surface area (Å²) in [6.45, 7) is 0. The standard InChI is InChI=1S/C15H9F3N4O2/c16-8-3-4-9(14(18)13(8)17)19-11-5-6-12(22-21-11)20-15(23)10-2-1-7-24-10/h1-7H,(H,19,21)(H,20,22,23). The van der Waals surface area contributed by atoms with Crippen LogP contribution >= 0.6 is 0 Å². The first-order valence-electron chi connectivity index (χ1n) is 6.63. The number of hydrogen-bond acceptors (Lipinski definition) is 5. The van der Waals surface area contributed by atoms with E-state index in [4.69, 9.17) is 4.42 Å². The molecule has 0 unspecified atom stereocenters. The summed E-state index contributed by atoms with van der Waals surface area (Å²) in [5.41, 5.74) is -0.296. The average molecular weight is 334 g/mol. The summed E-state index contributed by atoms with van der Waals surface area (Å²) >= 11 is 0. The first-order valence-corrected chi connectivity index (χ1v) is 6.63. The molecule has 2 N–H and O–H groups in total. The van der Waals surface area contributed by atoms with Gasteiger partial charge in [0.05, 0.1) is 12.0 Å². The maximum Gasteiger partial charge on any atom is 0.292 e. The lowest BCUT2D eigenvalue weighted by Gasteiger charge is -2.08. The first-order chi connectivity index (χ1) is 11.5. The number of anilines is 3. The van der Waals surface area contributed by atoms with Crippen molar-refractivity contribution in [2.75, 3.05) is 10.6 Å². The van der Waals surface area contributed by atoms with Crippen molar-refractivity contribution in [3.05, 3.63) is 65.9 Å². The molecule has 0 aliphatic rings. The summed E-state index contributed by atoms with van der Waals surface area (Å²) in [6, 6.07) is 7.63. The lowest BCUT2D eigenvalue weighted by Crippen LogP contribution is -2.12. The maximum atomic E-state index is 13.6. The van der Waals surface area contributed by atoms with Crippen LogP contribution in [-0.2, 0) is 0 Å². The Labute approximate surface area is 133 Å². The van der Waals surface area contributed by atoms with Gasteiger partial charge in [0, 0.05) is 0 Å². The first kappa shape index (κ1) is 15.5. The molecular weight excluding hydrogens is 325 g/mol. The fourth-order valence-electron chi connectivity index (χ4n) is 1.81. The molecule has 1 aromatic carbocycles. The number of benzene rings is 1. The van der Waals surface area contributed by atoms with Gasteiger partial charge in [-0.3, -0.25) is 4.79 Å². The minimum absolute atomic E-state index is 0.0795. The Bertz CT molecular complexity index is 867. The van der Waals surface area contributed by atoms with Crippen molar-refractivity contribution >= 4 is 23.2 Å². The lowest BCUT2D eigenvalue weighted by molar-refractivity contribution is 0.0996. The Balaban J connectivity index is 1.71. The highest BCUT2D eigenvalue weighted by atomic mass is 19.2. The third-order valence-electron chi connectivity index (χ3n) is 2.95. The fourth-order valence-corrected chi connectivity index (χ4v) is 1.81. The summed E-state index contributed by atoms with van der Waals surface area (Å²) in [5, 5.41) is 12.3. The highest BCUT2D eigenvalue weighted by Gasteiger charge is 2.14. The van der Waals surface area contributed by atoms with Gasteiger partial charge in [-0.25, -0.2) is 13.2 Å². The molecule has 24 heavy (non-hydrogen) atoms. The zero-order valence-electron chi connectivity index (χ0n) is 11.9. The van der Waals surface area contributed by atoms with Crippen molar-refractivity contribution in [3.63, 3.8) is 0 Å². The molecule has 0 radical (unpaired) electrons. The summed E-state index contributed by atoms with van der Waals surface area (Å²) in [4.78, 5) is 11.8. The molecule has 2 heterocycles. The molecule has 3 rings (SSSR count). The number of amides is 1. The molecule has 0 spiro atoms. The van der Waals surface area contributed by atoms with Crippen molar-refractivity contribution in [1.29, 1.82) is 0 Å². The molecule has 1 amide bonds. The van der Waals surface area contributed by atoms with Crippen molar-refractivity contribution in [2.24, 2.45) is 0 Å². The zero-order valence-corrected chi connectivity index (χ0v) is 11.9. The summed E-state index contributed by atoms with van der Waals surface area (Å²) < 4.78 is 44.5. The van der Waals surface area contributed by atoms with E-state index in [0.717, 1.165) is 12.1 Å². The summed E-state index contributed by atoms with van der Waals surface area (Å²) in [6.07, 6.45) is 1.35. The molecule has 0 saturated carbocycles. The Kier molecular flexibility index (Phi) is 4.15. The van der Waals surface area contributed by atoms with Gasteiger partial charge in [0.15, 0.2) is 34.8 Å². The van der Waals surface area contributed by atoms with Crippen molar-refractivity contribution in [3.8, 4) is 0 Å². The van der Waals surface area contributed by atoms with Crippen LogP contribution in [0.4, 0.5) is 30.5 Å². The number of carbonyl (C=O) groups is 1. The van der Waals surface area contributed by atoms with Crippen LogP contribution in [0.1, 0.15) is 10.6 Å². The monoisotopic (exact) mass is 334 g/mol. The van der Waals surface area contributed by atoms with Crippen LogP contribution in [0.2, 0.25) is 0 Å². The molecule has 6 nitrogen and oxygen atoms in total. The minimum Gasteiger partial charge on any atom is -0.459 e. The number of hydrogen-bond donors (Lipinski definition) is 2. The SMILES string of the molecule is O=C(Nc1ccc(Nc2ccc(F)c(F)c2F)nn1)c1ccco1. The second-order valence-electron chi connectivity index (χ2n) is 4.58. The smallest absolute Gasteiger partial charge is 0.292 e. The second kappa shape index (κ2) is 6.41. The topological polar surface area (TPSA) is 80.0 Å². The molecule has 9 heteroatoms. The van der Waals surface area contributed by atoms with Crippen LogP contribution in [0.5, 0.6) is 0 Å². The van der Waals surface area contributed by atoms with Gasteiger partial charge in [-0.05, 0) is 36.4 Å². The molecule has 0 bridgehead atoms. The third-order valence-corrected chi connectivity index (χ3v) is 2.95. The van der Waals surface area contributed by atoms with E-state index in [0.29, 0.717) is 0 Å². The minimum atomic E-state index is -1.59. The number of aromatic nitrogens is 2. The molecule has 2 aromatic heterocycles. The number of rotatable bonds is 4. The molecular formula is C15H9F3N4O2. The van der Waals surface area contributed by atoms with E-state index >= 15 is 0 Å². The summed E-state index contributed by atoms with van der Waals surface area (Å²) in [7, 11) is 0. The Hall–Kier alpha value is -3.36. The molecule has 0 saturated heterocycles. The molecule has 0 atom stereocenters. The zero-order chi connectivity index (χ0) is 17.1. The predicted octanol–water partition coefficient (Wildman–Crippen LogP) is 3.48. The highest BCUT2D eigenvalue weighted by molar-refractivity contribution is 6.01. The van der Waals surface area contributed by atoms with Crippen LogP contribution in [0, 0.1) is 17.5 Å². The normalized spacial score (nSPS) is 10.5. The largest absolute Gasteiger partial charge is 0.459 e. The number of nitrogens with one attached hydrogen (secondary N) is 2. The number of halogens is 3. The average Bonchev–Trinajstić information content (AvgIpc) is 3.12. The van der Waals surface area contributed by atoms with E-state index in [-0.39, 0.29) is 23.1 Å². The van der Waals surface area contributed by atoms with E-state index < -0.39 is 23.4 Å². The molecule has 0 aliphatic carbocycles. The molecule has 0 aliphatic heterocycles. The quantitative estimate of drug-likeness (QED) is 0.714. The van der Waals surface area contributed by atoms with Crippen molar-refractivity contribution < 1.29 is 22.4 Å². The van der Waals surface area contributed by atoms with Crippen LogP contribution in [0.25, 0.3) is 0 Å². The van der Waals surface area contributed by atoms with Gasteiger partial charge in [0.1, 0.15) is 0 Å². The van der Waals surface area contributed by atoms with Gasteiger partial charge in [-0.1, -0.05) is 0 Å². The Morgan fingerprint density at radius 3 is 2.38 bits per heavy atom. The van der Waals surface area contributed by atoms with Gasteiger partial charge in [0.2, 0.25) is 0 Å². The van der Waals surface area contributed by atoms with Gasteiger partial charge >= 0.3 is 0 Å². The lowest BCUT2D eigenvalue weighted by atomic mass is 10.3.